The molecule has 1 rings (SSSR count). The molecule has 0 bridgehead atoms. The van der Waals surface area contributed by atoms with E-state index in [-0.39, 0.29) is 18.1 Å². The number of amides is 2. The number of aryl methyl sites for hydroxylation is 1. The van der Waals surface area contributed by atoms with Crippen molar-refractivity contribution >= 4 is 40.4 Å². The molecule has 1 aromatic rings. The maximum absolute atomic E-state index is 12.6. The zero-order chi connectivity index (χ0) is 21.6. The molecule has 2 N–H and O–H groups in total. The summed E-state index contributed by atoms with van der Waals surface area (Å²) in [6.07, 6.45) is -0.417. The van der Waals surface area contributed by atoms with Gasteiger partial charge in [-0.25, -0.2) is 4.79 Å². The minimum atomic E-state index is -0.786. The van der Waals surface area contributed by atoms with E-state index < -0.39 is 29.7 Å². The van der Waals surface area contributed by atoms with Crippen LogP contribution in [0.4, 0.5) is 4.79 Å². The van der Waals surface area contributed by atoms with Crippen LogP contribution < -0.4 is 10.6 Å². The van der Waals surface area contributed by atoms with Crippen molar-refractivity contribution in [3.8, 4) is 0 Å². The van der Waals surface area contributed by atoms with E-state index in [0.29, 0.717) is 0 Å². The lowest BCUT2D eigenvalue weighted by molar-refractivity contribution is -0.129. The minimum Gasteiger partial charge on any atom is -0.444 e. The van der Waals surface area contributed by atoms with Crippen LogP contribution in [0.3, 0.4) is 0 Å². The van der Waals surface area contributed by atoms with Gasteiger partial charge in [0.2, 0.25) is 5.91 Å². The second kappa shape index (κ2) is 10.2. The van der Waals surface area contributed by atoms with Gasteiger partial charge in [-0.15, -0.1) is 0 Å². The Morgan fingerprint density at radius 3 is 2.21 bits per heavy atom. The molecule has 6 nitrogen and oxygen atoms in total. The molecule has 156 valence electrons. The first kappa shape index (κ1) is 24.4. The van der Waals surface area contributed by atoms with Crippen molar-refractivity contribution in [3.63, 3.8) is 0 Å². The van der Waals surface area contributed by atoms with E-state index in [4.69, 9.17) is 4.74 Å². The number of nitrogens with one attached hydrogen (secondary N) is 2. The molecule has 2 amide bonds. The van der Waals surface area contributed by atoms with Crippen LogP contribution in [0.25, 0.3) is 0 Å². The van der Waals surface area contributed by atoms with E-state index in [1.807, 2.05) is 39.0 Å². The largest absolute Gasteiger partial charge is 0.444 e. The molecular weight excluding hydrogens is 471 g/mol. The predicted octanol–water partition coefficient (Wildman–Crippen LogP) is 3.77. The van der Waals surface area contributed by atoms with Crippen molar-refractivity contribution in [2.45, 2.75) is 72.6 Å². The summed E-state index contributed by atoms with van der Waals surface area (Å²) in [5, 5.41) is 5.31. The highest BCUT2D eigenvalue weighted by molar-refractivity contribution is 14.1. The third-order valence-corrected chi connectivity index (χ3v) is 5.27. The molecule has 0 heterocycles. The number of carbonyl (C=O) groups is 3. The highest BCUT2D eigenvalue weighted by atomic mass is 127. The Labute approximate surface area is 181 Å². The van der Waals surface area contributed by atoms with E-state index in [0.717, 1.165) is 14.7 Å². The molecule has 0 aromatic heterocycles. The highest BCUT2D eigenvalue weighted by Gasteiger charge is 2.28. The van der Waals surface area contributed by atoms with Crippen LogP contribution >= 0.6 is 22.6 Å². The SMILES string of the molecule is Cc1cc(CC(=O)[C@H](C)NC(=O)[C@@H](NC(=O)OC(C)(C)C)C(C)C)ccc1I. The van der Waals surface area contributed by atoms with Gasteiger partial charge in [0, 0.05) is 9.99 Å². The molecule has 0 fully saturated rings. The van der Waals surface area contributed by atoms with Gasteiger partial charge in [0.25, 0.3) is 0 Å². The number of ketones is 1. The Morgan fingerprint density at radius 1 is 1.11 bits per heavy atom. The number of hydrogen-bond donors (Lipinski definition) is 2. The van der Waals surface area contributed by atoms with Crippen LogP contribution in [0, 0.1) is 16.4 Å². The number of alkyl carbamates (subject to hydrolysis) is 1. The second-order valence-corrected chi connectivity index (χ2v) is 9.49. The molecule has 7 heteroatoms. The van der Waals surface area contributed by atoms with Gasteiger partial charge in [0.1, 0.15) is 11.6 Å². The summed E-state index contributed by atoms with van der Waals surface area (Å²) in [6, 6.07) is 4.43. The van der Waals surface area contributed by atoms with Crippen LogP contribution in [-0.4, -0.2) is 35.5 Å². The zero-order valence-electron chi connectivity index (χ0n) is 17.7. The third-order valence-electron chi connectivity index (χ3n) is 4.06. The zero-order valence-corrected chi connectivity index (χ0v) is 19.8. The van der Waals surface area contributed by atoms with Crippen molar-refractivity contribution in [2.75, 3.05) is 0 Å². The lowest BCUT2D eigenvalue weighted by Crippen LogP contribution is -2.53. The number of halogens is 1. The van der Waals surface area contributed by atoms with Crippen LogP contribution in [0.15, 0.2) is 18.2 Å². The number of ether oxygens (including phenoxy) is 1. The van der Waals surface area contributed by atoms with Crippen LogP contribution in [0.5, 0.6) is 0 Å². The summed E-state index contributed by atoms with van der Waals surface area (Å²) in [7, 11) is 0. The van der Waals surface area contributed by atoms with Crippen molar-refractivity contribution in [3.05, 3.63) is 32.9 Å². The second-order valence-electron chi connectivity index (χ2n) is 8.32. The average Bonchev–Trinajstić information content (AvgIpc) is 2.53. The molecule has 0 aliphatic carbocycles. The smallest absolute Gasteiger partial charge is 0.408 e. The molecule has 0 spiro atoms. The number of rotatable bonds is 7. The Kier molecular flexibility index (Phi) is 8.91. The fourth-order valence-electron chi connectivity index (χ4n) is 2.52. The first-order valence-corrected chi connectivity index (χ1v) is 10.5. The molecular formula is C21H31IN2O4. The Morgan fingerprint density at radius 2 is 1.71 bits per heavy atom. The molecule has 0 saturated carbocycles. The normalized spacial score (nSPS) is 13.6. The Balaban J connectivity index is 2.71. The standard InChI is InChI=1S/C21H31IN2O4/c1-12(2)18(24-20(27)28-21(5,6)7)19(26)23-14(4)17(25)11-15-8-9-16(22)13(3)10-15/h8-10,12,14,18H,11H2,1-7H3,(H,23,26)(H,24,27)/t14-,18-/m0/s1. The van der Waals surface area contributed by atoms with Crippen LogP contribution in [0.1, 0.15) is 52.7 Å². The van der Waals surface area contributed by atoms with Crippen molar-refractivity contribution in [1.29, 1.82) is 0 Å². The number of benzene rings is 1. The summed E-state index contributed by atoms with van der Waals surface area (Å²) >= 11 is 2.25. The molecule has 1 aromatic carbocycles. The Bertz CT molecular complexity index is 726. The molecule has 2 atom stereocenters. The minimum absolute atomic E-state index is 0.0891. The summed E-state index contributed by atoms with van der Waals surface area (Å²) in [5.74, 6) is -0.650. The summed E-state index contributed by atoms with van der Waals surface area (Å²) < 4.78 is 6.36. The fraction of sp³-hybridized carbons (Fsp3) is 0.571. The molecule has 0 saturated heterocycles. The van der Waals surface area contributed by atoms with Gasteiger partial charge in [-0.2, -0.15) is 0 Å². The molecule has 0 radical (unpaired) electrons. The maximum atomic E-state index is 12.6. The van der Waals surface area contributed by atoms with Crippen molar-refractivity contribution in [1.82, 2.24) is 10.6 Å². The summed E-state index contributed by atoms with van der Waals surface area (Å²) in [4.78, 5) is 37.2. The first-order chi connectivity index (χ1) is 12.8. The fourth-order valence-corrected chi connectivity index (χ4v) is 2.86. The van der Waals surface area contributed by atoms with Gasteiger partial charge in [-0.1, -0.05) is 26.0 Å². The summed E-state index contributed by atoms with van der Waals surface area (Å²) in [6.45, 7) is 12.6. The van der Waals surface area contributed by atoms with Gasteiger partial charge >= 0.3 is 6.09 Å². The predicted molar refractivity (Wildman–Crippen MR) is 118 cm³/mol. The highest BCUT2D eigenvalue weighted by Crippen LogP contribution is 2.14. The molecule has 0 aliphatic rings. The first-order valence-electron chi connectivity index (χ1n) is 9.37. The van der Waals surface area contributed by atoms with E-state index in [1.165, 1.54) is 0 Å². The van der Waals surface area contributed by atoms with Gasteiger partial charge in [-0.05, 0) is 80.3 Å². The number of Topliss-reactive ketones (excluding diaryl/α,β-unsaturated/α-hetero) is 1. The maximum Gasteiger partial charge on any atom is 0.408 e. The quantitative estimate of drug-likeness (QED) is 0.557. The van der Waals surface area contributed by atoms with E-state index in [2.05, 4.69) is 33.2 Å². The monoisotopic (exact) mass is 502 g/mol. The molecule has 28 heavy (non-hydrogen) atoms. The summed E-state index contributed by atoms with van der Waals surface area (Å²) in [5.41, 5.74) is 1.37. The number of hydrogen-bond acceptors (Lipinski definition) is 4. The van der Waals surface area contributed by atoms with Crippen LogP contribution in [0.2, 0.25) is 0 Å². The average molecular weight is 502 g/mol. The number of carbonyl (C=O) groups excluding carboxylic acids is 3. The van der Waals surface area contributed by atoms with Crippen molar-refractivity contribution < 1.29 is 19.1 Å². The molecule has 0 unspecified atom stereocenters. The Hall–Kier alpha value is -1.64. The van der Waals surface area contributed by atoms with E-state index >= 15 is 0 Å². The lowest BCUT2D eigenvalue weighted by Gasteiger charge is -2.26. The van der Waals surface area contributed by atoms with Crippen molar-refractivity contribution in [2.24, 2.45) is 5.92 Å². The third kappa shape index (κ3) is 8.16. The van der Waals surface area contributed by atoms with E-state index in [9.17, 15) is 14.4 Å². The topological polar surface area (TPSA) is 84.5 Å². The van der Waals surface area contributed by atoms with Gasteiger partial charge in [-0.3, -0.25) is 9.59 Å². The van der Waals surface area contributed by atoms with Crippen LogP contribution in [-0.2, 0) is 20.7 Å². The lowest BCUT2D eigenvalue weighted by atomic mass is 10.0. The molecule has 0 aliphatic heterocycles. The van der Waals surface area contributed by atoms with E-state index in [1.54, 1.807) is 27.7 Å². The van der Waals surface area contributed by atoms with Gasteiger partial charge in [0.05, 0.1) is 6.04 Å². The van der Waals surface area contributed by atoms with Gasteiger partial charge in [0.15, 0.2) is 5.78 Å². The van der Waals surface area contributed by atoms with Gasteiger partial charge < -0.3 is 15.4 Å².